The van der Waals surface area contributed by atoms with Crippen molar-refractivity contribution in [1.82, 2.24) is 0 Å². The van der Waals surface area contributed by atoms with Crippen molar-refractivity contribution in [2.24, 2.45) is 4.99 Å². The number of aryl methyl sites for hydroxylation is 1. The minimum absolute atomic E-state index is 0.113. The summed E-state index contributed by atoms with van der Waals surface area (Å²) in [7, 11) is 0. The number of benzene rings is 2. The average Bonchev–Trinajstić information content (AvgIpc) is 2.95. The van der Waals surface area contributed by atoms with Gasteiger partial charge in [0.15, 0.2) is 5.11 Å². The summed E-state index contributed by atoms with van der Waals surface area (Å²) in [6, 6.07) is 12.7. The fourth-order valence-corrected chi connectivity index (χ4v) is 4.70. The van der Waals surface area contributed by atoms with E-state index < -0.39 is 28.7 Å². The lowest BCUT2D eigenvalue weighted by Crippen LogP contribution is -2.55. The number of aliphatic imine (C=N–C) groups is 1. The number of hydrogen-bond donors (Lipinski definition) is 0. The number of thiocarbonyl (C=S) groups is 1. The van der Waals surface area contributed by atoms with Crippen molar-refractivity contribution in [2.75, 3.05) is 9.80 Å². The van der Waals surface area contributed by atoms with Crippen LogP contribution in [0.15, 0.2) is 47.5 Å². The number of anilines is 2. The van der Waals surface area contributed by atoms with E-state index >= 15 is 0 Å². The Morgan fingerprint density at radius 3 is 2.28 bits per heavy atom. The second-order valence-corrected chi connectivity index (χ2v) is 8.33. The van der Waals surface area contributed by atoms with Gasteiger partial charge in [-0.05, 0) is 68.7 Å². The van der Waals surface area contributed by atoms with Gasteiger partial charge in [-0.15, -0.1) is 0 Å². The van der Waals surface area contributed by atoms with Crippen molar-refractivity contribution >= 4 is 40.4 Å². The number of halogens is 3. The van der Waals surface area contributed by atoms with Crippen LogP contribution in [0.1, 0.15) is 42.9 Å². The maximum atomic E-state index is 13.6. The first-order valence-corrected chi connectivity index (χ1v) is 10.4. The maximum absolute atomic E-state index is 13.6. The van der Waals surface area contributed by atoms with Crippen LogP contribution < -0.4 is 9.80 Å². The molecule has 5 nitrogen and oxygen atoms in total. The van der Waals surface area contributed by atoms with Crippen molar-refractivity contribution < 1.29 is 18.0 Å². The smallest absolute Gasteiger partial charge is 0.305 e. The molecule has 2 aliphatic rings. The van der Waals surface area contributed by atoms with Crippen molar-refractivity contribution in [1.29, 1.82) is 5.26 Å². The molecule has 164 valence electrons. The van der Waals surface area contributed by atoms with Crippen molar-refractivity contribution in [3.63, 3.8) is 0 Å². The summed E-state index contributed by atoms with van der Waals surface area (Å²) in [5, 5.41) is 9.38. The molecule has 1 saturated heterocycles. The summed E-state index contributed by atoms with van der Waals surface area (Å²) in [6.45, 7) is 3.25. The molecule has 9 heteroatoms. The third kappa shape index (κ3) is 3.45. The minimum Gasteiger partial charge on any atom is -0.305 e. The third-order valence-electron chi connectivity index (χ3n) is 5.86. The lowest BCUT2D eigenvalue weighted by Gasteiger charge is -2.44. The summed E-state index contributed by atoms with van der Waals surface area (Å²) < 4.78 is 40.9. The number of amides is 1. The van der Waals surface area contributed by atoms with Crippen LogP contribution in [0, 0.1) is 18.3 Å². The topological polar surface area (TPSA) is 59.7 Å². The molecule has 2 aromatic carbocycles. The van der Waals surface area contributed by atoms with Gasteiger partial charge in [0, 0.05) is 12.6 Å². The summed E-state index contributed by atoms with van der Waals surface area (Å²) in [5.41, 5.74) is -0.294. The highest BCUT2D eigenvalue weighted by atomic mass is 32.1. The first-order chi connectivity index (χ1) is 15.1. The molecular weight excluding hydrogens is 437 g/mol. The molecule has 1 saturated carbocycles. The van der Waals surface area contributed by atoms with Crippen molar-refractivity contribution in [2.45, 2.75) is 44.8 Å². The van der Waals surface area contributed by atoms with E-state index in [4.69, 9.17) is 17.5 Å². The molecule has 0 radical (unpaired) electrons. The van der Waals surface area contributed by atoms with Gasteiger partial charge in [0.1, 0.15) is 11.4 Å². The summed E-state index contributed by atoms with van der Waals surface area (Å²) >= 11 is 5.75. The largest absolute Gasteiger partial charge is 0.417 e. The molecule has 1 aliphatic carbocycles. The lowest BCUT2D eigenvalue weighted by molar-refractivity contribution is -0.137. The monoisotopic (exact) mass is 456 g/mol. The van der Waals surface area contributed by atoms with Gasteiger partial charge in [0.25, 0.3) is 0 Å². The van der Waals surface area contributed by atoms with Crippen LogP contribution in [0.5, 0.6) is 0 Å². The van der Waals surface area contributed by atoms with Crippen LogP contribution in [0.4, 0.5) is 24.5 Å². The summed E-state index contributed by atoms with van der Waals surface area (Å²) in [5.74, 6) is -0.144. The van der Waals surface area contributed by atoms with Crippen LogP contribution in [0.2, 0.25) is 0 Å². The van der Waals surface area contributed by atoms with Crippen molar-refractivity contribution in [3.8, 4) is 6.07 Å². The first kappa shape index (κ1) is 22.0. The number of amidine groups is 1. The van der Waals surface area contributed by atoms with E-state index in [1.54, 1.807) is 6.07 Å². The molecule has 0 atom stereocenters. The van der Waals surface area contributed by atoms with Gasteiger partial charge in [0.05, 0.1) is 22.9 Å². The number of nitriles is 1. The minimum atomic E-state index is -4.72. The average molecular weight is 456 g/mol. The molecule has 4 rings (SSSR count). The standard InChI is InChI=1S/C23H19F3N4OS/c1-14-4-7-17(8-5-14)30-21(32)29(20(28-15(2)31)22(30)10-3-11-22)18-9-6-16(13-27)19(12-18)23(24,25)26/h4-9,12H,3,10-11H2,1-2H3. The molecule has 0 N–H and O–H groups in total. The Morgan fingerprint density at radius 1 is 1.16 bits per heavy atom. The number of carbonyl (C=O) groups is 1. The molecule has 32 heavy (non-hydrogen) atoms. The Kier molecular flexibility index (Phi) is 5.29. The van der Waals surface area contributed by atoms with Gasteiger partial charge in [-0.1, -0.05) is 17.7 Å². The Bertz CT molecular complexity index is 1180. The normalized spacial score (nSPS) is 18.8. The van der Waals surface area contributed by atoms with Crippen LogP contribution >= 0.6 is 12.2 Å². The third-order valence-corrected chi connectivity index (χ3v) is 6.23. The van der Waals surface area contributed by atoms with Crippen molar-refractivity contribution in [3.05, 3.63) is 59.2 Å². The Morgan fingerprint density at radius 2 is 1.78 bits per heavy atom. The Hall–Kier alpha value is -3.25. The van der Waals surface area contributed by atoms with E-state index in [-0.39, 0.29) is 10.8 Å². The van der Waals surface area contributed by atoms with E-state index in [1.165, 1.54) is 17.9 Å². The number of hydrogen-bond acceptors (Lipinski definition) is 3. The molecule has 2 aromatic rings. The predicted octanol–water partition coefficient (Wildman–Crippen LogP) is 5.36. The number of rotatable bonds is 2. The highest BCUT2D eigenvalue weighted by molar-refractivity contribution is 7.81. The van der Waals surface area contributed by atoms with Gasteiger partial charge in [-0.25, -0.2) is 0 Å². The van der Waals surface area contributed by atoms with Gasteiger partial charge >= 0.3 is 6.18 Å². The highest BCUT2D eigenvalue weighted by Gasteiger charge is 2.58. The van der Waals surface area contributed by atoms with E-state index in [0.29, 0.717) is 18.7 Å². The summed E-state index contributed by atoms with van der Waals surface area (Å²) in [4.78, 5) is 19.6. The molecule has 0 unspecified atom stereocenters. The fraction of sp³-hybridized carbons (Fsp3) is 0.304. The Balaban J connectivity index is 1.92. The zero-order valence-corrected chi connectivity index (χ0v) is 18.2. The van der Waals surface area contributed by atoms with E-state index in [9.17, 15) is 18.0 Å². The Labute approximate surface area is 188 Å². The SMILES string of the molecule is CC(=O)N=C1N(c2ccc(C#N)c(C(F)(F)F)c2)C(=S)N(c2ccc(C)cc2)C12CCC2. The molecule has 2 fully saturated rings. The number of nitrogens with zero attached hydrogens (tertiary/aromatic N) is 4. The second-order valence-electron chi connectivity index (χ2n) is 7.97. The lowest BCUT2D eigenvalue weighted by atomic mass is 9.74. The fourth-order valence-electron chi connectivity index (χ4n) is 4.23. The molecule has 1 aliphatic heterocycles. The molecule has 1 heterocycles. The molecule has 1 amide bonds. The second kappa shape index (κ2) is 7.71. The van der Waals surface area contributed by atoms with Crippen LogP contribution in [-0.2, 0) is 11.0 Å². The zero-order chi connectivity index (χ0) is 23.3. The van der Waals surface area contributed by atoms with Crippen LogP contribution in [0.3, 0.4) is 0 Å². The van der Waals surface area contributed by atoms with E-state index in [1.807, 2.05) is 36.1 Å². The van der Waals surface area contributed by atoms with Gasteiger partial charge in [0.2, 0.25) is 5.91 Å². The quantitative estimate of drug-likeness (QED) is 0.569. The molecule has 0 bridgehead atoms. The predicted molar refractivity (Wildman–Crippen MR) is 120 cm³/mol. The first-order valence-electron chi connectivity index (χ1n) is 10.0. The van der Waals surface area contributed by atoms with E-state index in [0.717, 1.165) is 29.8 Å². The van der Waals surface area contributed by atoms with Gasteiger partial charge < -0.3 is 4.90 Å². The maximum Gasteiger partial charge on any atom is 0.417 e. The summed E-state index contributed by atoms with van der Waals surface area (Å²) in [6.07, 6.45) is -2.53. The highest BCUT2D eigenvalue weighted by Crippen LogP contribution is 2.49. The van der Waals surface area contributed by atoms with E-state index in [2.05, 4.69) is 4.99 Å². The zero-order valence-electron chi connectivity index (χ0n) is 17.4. The number of carbonyl (C=O) groups excluding carboxylic acids is 1. The van der Waals surface area contributed by atoms with Gasteiger partial charge in [-0.2, -0.15) is 23.4 Å². The molecular formula is C23H19F3N4OS. The van der Waals surface area contributed by atoms with Gasteiger partial charge in [-0.3, -0.25) is 9.69 Å². The molecule has 1 spiro atoms. The molecule has 0 aromatic heterocycles. The number of alkyl halides is 3. The van der Waals surface area contributed by atoms with Crippen LogP contribution in [-0.4, -0.2) is 22.4 Å². The van der Waals surface area contributed by atoms with Crippen LogP contribution in [0.25, 0.3) is 0 Å².